The van der Waals surface area contributed by atoms with Gasteiger partial charge in [0.05, 0.1) is 17.8 Å². The van der Waals surface area contributed by atoms with E-state index in [0.29, 0.717) is 24.3 Å². The Balaban J connectivity index is 1.86. The molecule has 1 amide bonds. The van der Waals surface area contributed by atoms with Gasteiger partial charge in [0.15, 0.2) is 6.61 Å². The van der Waals surface area contributed by atoms with Crippen molar-refractivity contribution in [3.8, 4) is 0 Å². The lowest BCUT2D eigenvalue weighted by atomic mass is 10.2. The van der Waals surface area contributed by atoms with E-state index < -0.39 is 5.97 Å². The van der Waals surface area contributed by atoms with Crippen LogP contribution in [0.15, 0.2) is 24.3 Å². The van der Waals surface area contributed by atoms with Crippen molar-refractivity contribution >= 4 is 17.6 Å². The number of hydrogen-bond acceptors (Lipinski definition) is 5. The van der Waals surface area contributed by atoms with E-state index >= 15 is 0 Å². The van der Waals surface area contributed by atoms with Crippen molar-refractivity contribution in [2.45, 2.75) is 26.1 Å². The molecular formula is C15H20N2O4. The Hall–Kier alpha value is -2.08. The van der Waals surface area contributed by atoms with Crippen LogP contribution < -0.4 is 5.73 Å². The molecule has 1 aromatic carbocycles. The molecule has 1 heterocycles. The van der Waals surface area contributed by atoms with Crippen molar-refractivity contribution in [3.05, 3.63) is 29.8 Å². The lowest BCUT2D eigenvalue weighted by Crippen LogP contribution is -2.49. The molecule has 1 fully saturated rings. The van der Waals surface area contributed by atoms with E-state index in [9.17, 15) is 9.59 Å². The summed E-state index contributed by atoms with van der Waals surface area (Å²) in [5.41, 5.74) is 6.49. The van der Waals surface area contributed by atoms with Gasteiger partial charge in [-0.15, -0.1) is 0 Å². The number of carbonyl (C=O) groups is 2. The Morgan fingerprint density at radius 3 is 2.38 bits per heavy atom. The second kappa shape index (κ2) is 6.58. The molecule has 2 N–H and O–H groups in total. The van der Waals surface area contributed by atoms with Gasteiger partial charge in [-0.1, -0.05) is 0 Å². The average Bonchev–Trinajstić information content (AvgIpc) is 2.44. The Bertz CT molecular complexity index is 505. The molecule has 0 aromatic heterocycles. The second-order valence-corrected chi connectivity index (χ2v) is 5.25. The molecule has 1 aliphatic heterocycles. The first-order chi connectivity index (χ1) is 9.95. The standard InChI is InChI=1S/C15H20N2O4/c1-10-7-17(8-11(2)21-10)14(18)9-20-15(19)12-3-5-13(16)6-4-12/h3-6,10-11H,7-9,16H2,1-2H3/t10-,11-/m1/s1. The van der Waals surface area contributed by atoms with Crippen molar-refractivity contribution in [1.29, 1.82) is 0 Å². The molecule has 0 radical (unpaired) electrons. The SMILES string of the molecule is C[C@@H]1CN(C(=O)COC(=O)c2ccc(N)cc2)C[C@@H](C)O1. The number of morpholine rings is 1. The fraction of sp³-hybridized carbons (Fsp3) is 0.467. The minimum absolute atomic E-state index is 0.00880. The van der Waals surface area contributed by atoms with Crippen LogP contribution in [0.1, 0.15) is 24.2 Å². The second-order valence-electron chi connectivity index (χ2n) is 5.25. The summed E-state index contributed by atoms with van der Waals surface area (Å²) >= 11 is 0. The highest BCUT2D eigenvalue weighted by Crippen LogP contribution is 2.11. The van der Waals surface area contributed by atoms with E-state index in [-0.39, 0.29) is 24.7 Å². The van der Waals surface area contributed by atoms with Crippen molar-refractivity contribution in [1.82, 2.24) is 4.90 Å². The van der Waals surface area contributed by atoms with Crippen LogP contribution in [0.25, 0.3) is 0 Å². The number of esters is 1. The zero-order chi connectivity index (χ0) is 15.4. The highest BCUT2D eigenvalue weighted by molar-refractivity contribution is 5.91. The van der Waals surface area contributed by atoms with Gasteiger partial charge in [-0.3, -0.25) is 4.79 Å². The van der Waals surface area contributed by atoms with E-state index in [1.54, 1.807) is 29.2 Å². The van der Waals surface area contributed by atoms with Gasteiger partial charge in [0.2, 0.25) is 0 Å². The summed E-state index contributed by atoms with van der Waals surface area (Å²) in [5.74, 6) is -0.737. The molecule has 6 nitrogen and oxygen atoms in total. The summed E-state index contributed by atoms with van der Waals surface area (Å²) in [4.78, 5) is 25.5. The number of ether oxygens (including phenoxy) is 2. The molecule has 6 heteroatoms. The fourth-order valence-electron chi connectivity index (χ4n) is 2.30. The van der Waals surface area contributed by atoms with Crippen LogP contribution in [0.5, 0.6) is 0 Å². The van der Waals surface area contributed by atoms with Gasteiger partial charge in [0.1, 0.15) is 0 Å². The quantitative estimate of drug-likeness (QED) is 0.665. The van der Waals surface area contributed by atoms with Crippen molar-refractivity contribution in [2.75, 3.05) is 25.4 Å². The molecule has 0 bridgehead atoms. The largest absolute Gasteiger partial charge is 0.452 e. The maximum atomic E-state index is 12.1. The topological polar surface area (TPSA) is 81.9 Å². The third-order valence-corrected chi connectivity index (χ3v) is 3.25. The maximum absolute atomic E-state index is 12.1. The van der Waals surface area contributed by atoms with E-state index in [2.05, 4.69) is 0 Å². The van der Waals surface area contributed by atoms with Crippen molar-refractivity contribution < 1.29 is 19.1 Å². The molecular weight excluding hydrogens is 272 g/mol. The van der Waals surface area contributed by atoms with Crippen LogP contribution in [-0.2, 0) is 14.3 Å². The number of rotatable bonds is 3. The maximum Gasteiger partial charge on any atom is 0.338 e. The third-order valence-electron chi connectivity index (χ3n) is 3.25. The predicted octanol–water partition coefficient (Wildman–Crippen LogP) is 1.06. The monoisotopic (exact) mass is 292 g/mol. The smallest absolute Gasteiger partial charge is 0.338 e. The Morgan fingerprint density at radius 1 is 1.24 bits per heavy atom. The molecule has 2 atom stereocenters. The van der Waals surface area contributed by atoms with Gasteiger partial charge >= 0.3 is 5.97 Å². The first-order valence-corrected chi connectivity index (χ1v) is 6.91. The molecule has 0 aliphatic carbocycles. The molecule has 114 valence electrons. The molecule has 2 rings (SSSR count). The van der Waals surface area contributed by atoms with Gasteiger partial charge in [0.25, 0.3) is 5.91 Å². The van der Waals surface area contributed by atoms with E-state index in [0.717, 1.165) is 0 Å². The molecule has 0 saturated carbocycles. The van der Waals surface area contributed by atoms with E-state index in [1.165, 1.54) is 0 Å². The number of benzene rings is 1. The highest BCUT2D eigenvalue weighted by Gasteiger charge is 2.26. The number of carbonyl (C=O) groups excluding carboxylic acids is 2. The summed E-state index contributed by atoms with van der Waals surface area (Å²) in [6.45, 7) is 4.60. The molecule has 1 aliphatic rings. The minimum Gasteiger partial charge on any atom is -0.452 e. The summed E-state index contributed by atoms with van der Waals surface area (Å²) in [5, 5.41) is 0. The zero-order valence-corrected chi connectivity index (χ0v) is 12.2. The molecule has 1 saturated heterocycles. The summed E-state index contributed by atoms with van der Waals surface area (Å²) in [6, 6.07) is 6.37. The minimum atomic E-state index is -0.530. The number of hydrogen-bond donors (Lipinski definition) is 1. The van der Waals surface area contributed by atoms with Crippen LogP contribution in [0.4, 0.5) is 5.69 Å². The van der Waals surface area contributed by atoms with Crippen LogP contribution in [0, 0.1) is 0 Å². The Kier molecular flexibility index (Phi) is 4.80. The third kappa shape index (κ3) is 4.19. The van der Waals surface area contributed by atoms with Gasteiger partial charge in [-0.2, -0.15) is 0 Å². The number of nitrogen functional groups attached to an aromatic ring is 1. The summed E-state index contributed by atoms with van der Waals surface area (Å²) < 4.78 is 10.6. The average molecular weight is 292 g/mol. The molecule has 0 unspecified atom stereocenters. The highest BCUT2D eigenvalue weighted by atomic mass is 16.5. The Morgan fingerprint density at radius 2 is 1.81 bits per heavy atom. The molecule has 1 aromatic rings. The number of nitrogens with two attached hydrogens (primary N) is 1. The van der Waals surface area contributed by atoms with E-state index in [4.69, 9.17) is 15.2 Å². The lowest BCUT2D eigenvalue weighted by molar-refractivity contribution is -0.146. The number of amides is 1. The van der Waals surface area contributed by atoms with Gasteiger partial charge in [0, 0.05) is 18.8 Å². The molecule has 0 spiro atoms. The normalized spacial score (nSPS) is 21.9. The number of nitrogens with zero attached hydrogens (tertiary/aromatic N) is 1. The van der Waals surface area contributed by atoms with Crippen molar-refractivity contribution in [3.63, 3.8) is 0 Å². The van der Waals surface area contributed by atoms with Crippen LogP contribution >= 0.6 is 0 Å². The fourth-order valence-corrected chi connectivity index (χ4v) is 2.30. The summed E-state index contributed by atoms with van der Waals surface area (Å²) in [6.07, 6.45) is -0.0176. The number of anilines is 1. The molecule has 21 heavy (non-hydrogen) atoms. The van der Waals surface area contributed by atoms with Crippen LogP contribution in [0.2, 0.25) is 0 Å². The van der Waals surface area contributed by atoms with E-state index in [1.807, 2.05) is 13.8 Å². The lowest BCUT2D eigenvalue weighted by Gasteiger charge is -2.35. The van der Waals surface area contributed by atoms with Crippen molar-refractivity contribution in [2.24, 2.45) is 0 Å². The summed E-state index contributed by atoms with van der Waals surface area (Å²) in [7, 11) is 0. The van der Waals surface area contributed by atoms with Gasteiger partial charge < -0.3 is 20.1 Å². The van der Waals surface area contributed by atoms with Gasteiger partial charge in [-0.05, 0) is 38.1 Å². The van der Waals surface area contributed by atoms with Crippen LogP contribution in [0.3, 0.4) is 0 Å². The first-order valence-electron chi connectivity index (χ1n) is 6.91. The Labute approximate surface area is 123 Å². The zero-order valence-electron chi connectivity index (χ0n) is 12.2. The first kappa shape index (κ1) is 15.3. The van der Waals surface area contributed by atoms with Gasteiger partial charge in [-0.25, -0.2) is 4.79 Å². The predicted molar refractivity (Wildman–Crippen MR) is 77.7 cm³/mol. The van der Waals surface area contributed by atoms with Crippen LogP contribution in [-0.4, -0.2) is 48.7 Å².